The minimum absolute atomic E-state index is 0.0995. The molecule has 0 saturated carbocycles. The predicted octanol–water partition coefficient (Wildman–Crippen LogP) is 2.23. The van der Waals surface area contributed by atoms with Crippen molar-refractivity contribution in [3.8, 4) is 0 Å². The molecule has 0 fully saturated rings. The molecule has 2 amide bonds. The lowest BCUT2D eigenvalue weighted by Crippen LogP contribution is -2.16. The van der Waals surface area contributed by atoms with Crippen LogP contribution in [-0.4, -0.2) is 16.8 Å². The number of carbonyl (C=O) groups is 2. The Morgan fingerprint density at radius 3 is 2.65 bits per heavy atom. The van der Waals surface area contributed by atoms with Crippen molar-refractivity contribution in [3.05, 3.63) is 58.6 Å². The molecule has 1 heterocycles. The van der Waals surface area contributed by atoms with Crippen LogP contribution in [0.25, 0.3) is 0 Å². The SMILES string of the molecule is NC(=O)c1cc(NC(=O)c2cccc(Cl)n2)ccc1F. The van der Waals surface area contributed by atoms with Crippen LogP contribution in [0.1, 0.15) is 20.8 Å². The van der Waals surface area contributed by atoms with Gasteiger partial charge in [0.25, 0.3) is 11.8 Å². The fourth-order valence-electron chi connectivity index (χ4n) is 1.52. The molecule has 2 rings (SSSR count). The molecular weight excluding hydrogens is 285 g/mol. The van der Waals surface area contributed by atoms with Gasteiger partial charge >= 0.3 is 0 Å². The number of benzene rings is 1. The minimum Gasteiger partial charge on any atom is -0.366 e. The number of rotatable bonds is 3. The van der Waals surface area contributed by atoms with Crippen LogP contribution in [0.4, 0.5) is 10.1 Å². The van der Waals surface area contributed by atoms with Gasteiger partial charge in [-0.2, -0.15) is 0 Å². The zero-order chi connectivity index (χ0) is 14.7. The Morgan fingerprint density at radius 2 is 2.00 bits per heavy atom. The van der Waals surface area contributed by atoms with Crippen LogP contribution in [0.15, 0.2) is 36.4 Å². The number of nitrogens with one attached hydrogen (secondary N) is 1. The number of primary amides is 1. The number of anilines is 1. The Kier molecular flexibility index (Phi) is 3.95. The Balaban J connectivity index is 2.24. The van der Waals surface area contributed by atoms with Gasteiger partial charge in [0.05, 0.1) is 5.56 Å². The van der Waals surface area contributed by atoms with Gasteiger partial charge in [-0.05, 0) is 30.3 Å². The second-order valence-corrected chi connectivity index (χ2v) is 4.25. The Labute approximate surface area is 118 Å². The van der Waals surface area contributed by atoms with Crippen molar-refractivity contribution in [1.82, 2.24) is 4.98 Å². The maximum absolute atomic E-state index is 13.3. The van der Waals surface area contributed by atoms with Crippen molar-refractivity contribution >= 4 is 29.1 Å². The molecule has 0 unspecified atom stereocenters. The summed E-state index contributed by atoms with van der Waals surface area (Å²) < 4.78 is 13.3. The van der Waals surface area contributed by atoms with Crippen molar-refractivity contribution in [2.45, 2.75) is 0 Å². The van der Waals surface area contributed by atoms with E-state index in [1.54, 1.807) is 6.07 Å². The van der Waals surface area contributed by atoms with Crippen molar-refractivity contribution in [3.63, 3.8) is 0 Å². The molecule has 0 aliphatic carbocycles. The van der Waals surface area contributed by atoms with Gasteiger partial charge < -0.3 is 11.1 Å². The first-order chi connectivity index (χ1) is 9.47. The highest BCUT2D eigenvalue weighted by Crippen LogP contribution is 2.15. The molecule has 0 spiro atoms. The van der Waals surface area contributed by atoms with E-state index in [2.05, 4.69) is 10.3 Å². The van der Waals surface area contributed by atoms with Gasteiger partial charge in [-0.1, -0.05) is 17.7 Å². The van der Waals surface area contributed by atoms with Crippen LogP contribution in [-0.2, 0) is 0 Å². The summed E-state index contributed by atoms with van der Waals surface area (Å²) in [4.78, 5) is 26.7. The van der Waals surface area contributed by atoms with Crippen LogP contribution in [0, 0.1) is 5.82 Å². The zero-order valence-corrected chi connectivity index (χ0v) is 10.8. The fraction of sp³-hybridized carbons (Fsp3) is 0. The van der Waals surface area contributed by atoms with Gasteiger partial charge in [0.1, 0.15) is 16.7 Å². The molecule has 1 aromatic carbocycles. The van der Waals surface area contributed by atoms with Crippen molar-refractivity contribution < 1.29 is 14.0 Å². The molecule has 0 saturated heterocycles. The van der Waals surface area contributed by atoms with Gasteiger partial charge in [-0.25, -0.2) is 9.37 Å². The average molecular weight is 294 g/mol. The smallest absolute Gasteiger partial charge is 0.274 e. The molecule has 0 atom stereocenters. The van der Waals surface area contributed by atoms with Crippen molar-refractivity contribution in [2.24, 2.45) is 5.73 Å². The molecule has 7 heteroatoms. The van der Waals surface area contributed by atoms with E-state index in [0.717, 1.165) is 12.1 Å². The fourth-order valence-corrected chi connectivity index (χ4v) is 1.69. The topological polar surface area (TPSA) is 85.1 Å². The number of amides is 2. The number of aromatic nitrogens is 1. The number of hydrogen-bond acceptors (Lipinski definition) is 3. The van der Waals surface area contributed by atoms with Crippen molar-refractivity contribution in [1.29, 1.82) is 0 Å². The first-order valence-electron chi connectivity index (χ1n) is 5.50. The van der Waals surface area contributed by atoms with E-state index >= 15 is 0 Å². The van der Waals surface area contributed by atoms with E-state index in [-0.39, 0.29) is 22.1 Å². The van der Waals surface area contributed by atoms with E-state index in [1.165, 1.54) is 18.2 Å². The van der Waals surface area contributed by atoms with Gasteiger partial charge in [-0.15, -0.1) is 0 Å². The third-order valence-corrected chi connectivity index (χ3v) is 2.65. The van der Waals surface area contributed by atoms with E-state index in [1.807, 2.05) is 0 Å². The Bertz CT molecular complexity index is 691. The Hall–Kier alpha value is -2.47. The molecule has 5 nitrogen and oxygen atoms in total. The summed E-state index contributed by atoms with van der Waals surface area (Å²) in [6, 6.07) is 8.08. The van der Waals surface area contributed by atoms with Crippen LogP contribution in [0.3, 0.4) is 0 Å². The summed E-state index contributed by atoms with van der Waals surface area (Å²) in [5.74, 6) is -2.20. The van der Waals surface area contributed by atoms with Gasteiger partial charge in [0.15, 0.2) is 0 Å². The summed E-state index contributed by atoms with van der Waals surface area (Å²) >= 11 is 5.68. The van der Waals surface area contributed by atoms with Crippen LogP contribution >= 0.6 is 11.6 Å². The largest absolute Gasteiger partial charge is 0.366 e. The number of hydrogen-bond donors (Lipinski definition) is 2. The number of nitrogens with zero attached hydrogens (tertiary/aromatic N) is 1. The molecule has 0 bridgehead atoms. The molecule has 0 radical (unpaired) electrons. The van der Waals surface area contributed by atoms with E-state index in [0.29, 0.717) is 0 Å². The quantitative estimate of drug-likeness (QED) is 0.851. The zero-order valence-electron chi connectivity index (χ0n) is 10.1. The first-order valence-corrected chi connectivity index (χ1v) is 5.88. The summed E-state index contributed by atoms with van der Waals surface area (Å²) in [6.45, 7) is 0. The summed E-state index contributed by atoms with van der Waals surface area (Å²) in [7, 11) is 0. The van der Waals surface area contributed by atoms with Crippen molar-refractivity contribution in [2.75, 3.05) is 5.32 Å². The molecule has 0 aliphatic rings. The third-order valence-electron chi connectivity index (χ3n) is 2.44. The normalized spacial score (nSPS) is 10.1. The lowest BCUT2D eigenvalue weighted by molar-refractivity contribution is 0.0992. The van der Waals surface area contributed by atoms with Gasteiger partial charge in [-0.3, -0.25) is 9.59 Å². The Morgan fingerprint density at radius 1 is 1.25 bits per heavy atom. The highest BCUT2D eigenvalue weighted by molar-refractivity contribution is 6.29. The molecule has 0 aliphatic heterocycles. The number of carbonyl (C=O) groups excluding carboxylic acids is 2. The molecule has 102 valence electrons. The monoisotopic (exact) mass is 293 g/mol. The lowest BCUT2D eigenvalue weighted by atomic mass is 10.1. The first kappa shape index (κ1) is 14.0. The molecule has 1 aromatic heterocycles. The maximum atomic E-state index is 13.3. The number of nitrogens with two attached hydrogens (primary N) is 1. The lowest BCUT2D eigenvalue weighted by Gasteiger charge is -2.06. The number of halogens is 2. The summed E-state index contributed by atoms with van der Waals surface area (Å²) in [5, 5.41) is 2.65. The molecule has 2 aromatic rings. The van der Waals surface area contributed by atoms with E-state index in [4.69, 9.17) is 17.3 Å². The number of pyridine rings is 1. The standard InChI is InChI=1S/C13H9ClFN3O2/c14-11-3-1-2-10(18-11)13(20)17-7-4-5-9(15)8(6-7)12(16)19/h1-6H,(H2,16,19)(H,17,20). The minimum atomic E-state index is -0.917. The summed E-state index contributed by atoms with van der Waals surface area (Å²) in [5.41, 5.74) is 5.05. The van der Waals surface area contributed by atoms with Gasteiger partial charge in [0.2, 0.25) is 0 Å². The highest BCUT2D eigenvalue weighted by atomic mass is 35.5. The van der Waals surface area contributed by atoms with Gasteiger partial charge in [0, 0.05) is 5.69 Å². The second kappa shape index (κ2) is 5.66. The third kappa shape index (κ3) is 3.10. The molecular formula is C13H9ClFN3O2. The van der Waals surface area contributed by atoms with E-state index in [9.17, 15) is 14.0 Å². The van der Waals surface area contributed by atoms with Crippen LogP contribution in [0.5, 0.6) is 0 Å². The van der Waals surface area contributed by atoms with Crippen LogP contribution in [0.2, 0.25) is 5.15 Å². The van der Waals surface area contributed by atoms with Crippen LogP contribution < -0.4 is 11.1 Å². The average Bonchev–Trinajstić information content (AvgIpc) is 2.40. The van der Waals surface area contributed by atoms with E-state index < -0.39 is 17.6 Å². The molecule has 20 heavy (non-hydrogen) atoms. The highest BCUT2D eigenvalue weighted by Gasteiger charge is 2.12. The predicted molar refractivity (Wildman–Crippen MR) is 72.1 cm³/mol. The molecule has 3 N–H and O–H groups in total. The summed E-state index contributed by atoms with van der Waals surface area (Å²) in [6.07, 6.45) is 0. The maximum Gasteiger partial charge on any atom is 0.274 e. The second-order valence-electron chi connectivity index (χ2n) is 3.86.